The maximum atomic E-state index is 10.0. The van der Waals surface area contributed by atoms with Crippen LogP contribution in [0.1, 0.15) is 24.0 Å². The standard InChI is InChI=1S/C22H28N4O/c23-20(18-8-4-5-9-21(18)27)14-19(22(24)25)17-10-12-26(13-11-17)15-16-6-2-1-3-7-16/h1-9,14,17,27H,10-13,15,23-25H2/b20-14-. The van der Waals surface area contributed by atoms with Crippen molar-refractivity contribution in [2.75, 3.05) is 13.1 Å². The number of rotatable bonds is 5. The molecule has 142 valence electrons. The van der Waals surface area contributed by atoms with Gasteiger partial charge in [-0.1, -0.05) is 42.5 Å². The van der Waals surface area contributed by atoms with E-state index < -0.39 is 0 Å². The fourth-order valence-corrected chi connectivity index (χ4v) is 3.64. The second-order valence-electron chi connectivity index (χ2n) is 7.06. The van der Waals surface area contributed by atoms with Crippen molar-refractivity contribution in [1.29, 1.82) is 0 Å². The number of para-hydroxylation sites is 1. The van der Waals surface area contributed by atoms with E-state index in [4.69, 9.17) is 17.2 Å². The van der Waals surface area contributed by atoms with Crippen LogP contribution in [0.4, 0.5) is 0 Å². The third kappa shape index (κ3) is 4.83. The first-order chi connectivity index (χ1) is 13.0. The number of phenolic OH excluding ortho intramolecular Hbond substituents is 1. The molecule has 1 aliphatic heterocycles. The van der Waals surface area contributed by atoms with Crippen molar-refractivity contribution in [3.05, 3.63) is 83.2 Å². The number of hydrogen-bond acceptors (Lipinski definition) is 5. The van der Waals surface area contributed by atoms with Gasteiger partial charge in [-0.25, -0.2) is 0 Å². The van der Waals surface area contributed by atoms with Crippen molar-refractivity contribution in [2.24, 2.45) is 23.1 Å². The van der Waals surface area contributed by atoms with Crippen molar-refractivity contribution in [1.82, 2.24) is 4.90 Å². The molecule has 0 radical (unpaired) electrons. The van der Waals surface area contributed by atoms with Gasteiger partial charge < -0.3 is 22.3 Å². The molecule has 0 atom stereocenters. The van der Waals surface area contributed by atoms with E-state index in [0.717, 1.165) is 38.0 Å². The highest BCUT2D eigenvalue weighted by atomic mass is 16.3. The van der Waals surface area contributed by atoms with Crippen LogP contribution in [0.15, 0.2) is 72.1 Å². The number of aromatic hydroxyl groups is 1. The minimum absolute atomic E-state index is 0.152. The normalized spacial score (nSPS) is 16.2. The molecule has 0 aromatic heterocycles. The van der Waals surface area contributed by atoms with Crippen molar-refractivity contribution >= 4 is 5.70 Å². The smallest absolute Gasteiger partial charge is 0.124 e. The molecule has 27 heavy (non-hydrogen) atoms. The number of nitrogens with two attached hydrogens (primary N) is 3. The van der Waals surface area contributed by atoms with Crippen LogP contribution in [-0.2, 0) is 6.54 Å². The Morgan fingerprint density at radius 1 is 0.963 bits per heavy atom. The molecule has 5 nitrogen and oxygen atoms in total. The average molecular weight is 364 g/mol. The lowest BCUT2D eigenvalue weighted by Crippen LogP contribution is -2.34. The second-order valence-corrected chi connectivity index (χ2v) is 7.06. The second kappa shape index (κ2) is 8.64. The quantitative estimate of drug-likeness (QED) is 0.611. The number of piperidine rings is 1. The van der Waals surface area contributed by atoms with Gasteiger partial charge in [0.15, 0.2) is 0 Å². The molecule has 0 bridgehead atoms. The molecule has 1 saturated heterocycles. The Bertz CT molecular complexity index is 817. The average Bonchev–Trinajstić information content (AvgIpc) is 2.68. The molecule has 0 spiro atoms. The van der Waals surface area contributed by atoms with E-state index in [1.807, 2.05) is 18.2 Å². The topological polar surface area (TPSA) is 102 Å². The van der Waals surface area contributed by atoms with E-state index in [1.54, 1.807) is 18.2 Å². The number of likely N-dealkylation sites (tertiary alicyclic amines) is 1. The van der Waals surface area contributed by atoms with Crippen molar-refractivity contribution in [2.45, 2.75) is 19.4 Å². The maximum absolute atomic E-state index is 10.0. The molecule has 1 aliphatic rings. The van der Waals surface area contributed by atoms with Crippen molar-refractivity contribution in [3.8, 4) is 5.75 Å². The SMILES string of the molecule is NC(N)=C(/C=C(\N)c1ccccc1O)C1CCN(Cc2ccccc2)CC1. The molecule has 2 aromatic rings. The number of nitrogens with zero attached hydrogens (tertiary/aromatic N) is 1. The molecular formula is C22H28N4O. The third-order valence-corrected chi connectivity index (χ3v) is 5.14. The fraction of sp³-hybridized carbons (Fsp3) is 0.273. The van der Waals surface area contributed by atoms with Crippen LogP contribution in [0.2, 0.25) is 0 Å². The maximum Gasteiger partial charge on any atom is 0.124 e. The van der Waals surface area contributed by atoms with Gasteiger partial charge in [-0.3, -0.25) is 4.90 Å². The summed E-state index contributed by atoms with van der Waals surface area (Å²) in [6.45, 7) is 2.93. The van der Waals surface area contributed by atoms with Gasteiger partial charge in [-0.2, -0.15) is 0 Å². The number of hydrogen-bond donors (Lipinski definition) is 4. The zero-order chi connectivity index (χ0) is 19.2. The van der Waals surface area contributed by atoms with Crippen molar-refractivity contribution in [3.63, 3.8) is 0 Å². The summed E-state index contributed by atoms with van der Waals surface area (Å²) < 4.78 is 0. The Morgan fingerprint density at radius 3 is 2.22 bits per heavy atom. The molecule has 1 fully saturated rings. The van der Waals surface area contributed by atoms with E-state index in [1.165, 1.54) is 5.56 Å². The summed E-state index contributed by atoms with van der Waals surface area (Å²) in [4.78, 5) is 2.45. The van der Waals surface area contributed by atoms with Crippen LogP contribution in [0.3, 0.4) is 0 Å². The summed E-state index contributed by atoms with van der Waals surface area (Å²) in [6, 6.07) is 17.5. The lowest BCUT2D eigenvalue weighted by molar-refractivity contribution is 0.192. The molecule has 7 N–H and O–H groups in total. The predicted molar refractivity (Wildman–Crippen MR) is 110 cm³/mol. The van der Waals surface area contributed by atoms with E-state index in [9.17, 15) is 5.11 Å². The van der Waals surface area contributed by atoms with Gasteiger partial charge >= 0.3 is 0 Å². The highest BCUT2D eigenvalue weighted by Crippen LogP contribution is 2.30. The van der Waals surface area contributed by atoms with Gasteiger partial charge in [0.2, 0.25) is 0 Å². The van der Waals surface area contributed by atoms with Gasteiger partial charge in [-0.15, -0.1) is 0 Å². The van der Waals surface area contributed by atoms with Crippen LogP contribution in [0.5, 0.6) is 5.75 Å². The third-order valence-electron chi connectivity index (χ3n) is 5.14. The first-order valence-electron chi connectivity index (χ1n) is 9.31. The van der Waals surface area contributed by atoms with Gasteiger partial charge in [0.1, 0.15) is 5.75 Å². The molecule has 0 unspecified atom stereocenters. The Balaban J connectivity index is 1.68. The monoisotopic (exact) mass is 364 g/mol. The van der Waals surface area contributed by atoms with E-state index in [2.05, 4.69) is 29.2 Å². The van der Waals surface area contributed by atoms with Crippen LogP contribution >= 0.6 is 0 Å². The highest BCUT2D eigenvalue weighted by Gasteiger charge is 2.23. The first kappa shape index (κ1) is 18.9. The Hall–Kier alpha value is -2.92. The minimum atomic E-state index is 0.152. The van der Waals surface area contributed by atoms with Gasteiger partial charge in [0.25, 0.3) is 0 Å². The van der Waals surface area contributed by atoms with Crippen LogP contribution in [-0.4, -0.2) is 23.1 Å². The summed E-state index contributed by atoms with van der Waals surface area (Å²) in [5.74, 6) is 0.722. The highest BCUT2D eigenvalue weighted by molar-refractivity contribution is 5.70. The van der Waals surface area contributed by atoms with E-state index in [-0.39, 0.29) is 11.7 Å². The van der Waals surface area contributed by atoms with E-state index >= 15 is 0 Å². The summed E-state index contributed by atoms with van der Waals surface area (Å²) in [7, 11) is 0. The molecule has 0 amide bonds. The lowest BCUT2D eigenvalue weighted by atomic mass is 9.87. The number of benzene rings is 2. The summed E-state index contributed by atoms with van der Waals surface area (Å²) >= 11 is 0. The zero-order valence-electron chi connectivity index (χ0n) is 15.5. The van der Waals surface area contributed by atoms with Crippen LogP contribution in [0.25, 0.3) is 5.70 Å². The number of phenols is 1. The van der Waals surface area contributed by atoms with Crippen molar-refractivity contribution < 1.29 is 5.11 Å². The Labute approximate surface area is 160 Å². The van der Waals surface area contributed by atoms with Crippen LogP contribution in [0, 0.1) is 5.92 Å². The summed E-state index contributed by atoms with van der Waals surface area (Å²) in [6.07, 6.45) is 3.77. The van der Waals surface area contributed by atoms with E-state index in [0.29, 0.717) is 17.1 Å². The molecule has 2 aromatic carbocycles. The molecule has 0 saturated carbocycles. The molecular weight excluding hydrogens is 336 g/mol. The molecule has 3 rings (SSSR count). The first-order valence-corrected chi connectivity index (χ1v) is 9.31. The Morgan fingerprint density at radius 2 is 1.59 bits per heavy atom. The zero-order valence-corrected chi connectivity index (χ0v) is 15.5. The number of allylic oxidation sites excluding steroid dienone is 2. The Kier molecular flexibility index (Phi) is 6.04. The van der Waals surface area contributed by atoms with Gasteiger partial charge in [0, 0.05) is 17.8 Å². The minimum Gasteiger partial charge on any atom is -0.507 e. The lowest BCUT2D eigenvalue weighted by Gasteiger charge is -2.33. The molecule has 0 aliphatic carbocycles. The van der Waals surface area contributed by atoms with Gasteiger partial charge in [-0.05, 0) is 61.2 Å². The fourth-order valence-electron chi connectivity index (χ4n) is 3.64. The largest absolute Gasteiger partial charge is 0.507 e. The molecule has 5 heteroatoms. The summed E-state index contributed by atoms with van der Waals surface area (Å²) in [5.41, 5.74) is 21.4. The molecule has 1 heterocycles. The van der Waals surface area contributed by atoms with Crippen LogP contribution < -0.4 is 17.2 Å². The van der Waals surface area contributed by atoms with Gasteiger partial charge in [0.05, 0.1) is 5.82 Å². The summed E-state index contributed by atoms with van der Waals surface area (Å²) in [5, 5.41) is 10.0. The predicted octanol–water partition coefficient (Wildman–Crippen LogP) is 2.73.